The molecule has 0 bridgehead atoms. The van der Waals surface area contributed by atoms with Crippen LogP contribution in [-0.4, -0.2) is 46.1 Å². The van der Waals surface area contributed by atoms with Gasteiger partial charge in [-0.2, -0.15) is 0 Å². The third-order valence-corrected chi connectivity index (χ3v) is 8.31. The van der Waals surface area contributed by atoms with E-state index in [-0.39, 0.29) is 27.5 Å². The summed E-state index contributed by atoms with van der Waals surface area (Å²) >= 11 is 0. The second-order valence-electron chi connectivity index (χ2n) is 8.97. The zero-order valence-corrected chi connectivity index (χ0v) is 20.2. The van der Waals surface area contributed by atoms with E-state index in [1.54, 1.807) is 12.1 Å². The van der Waals surface area contributed by atoms with Gasteiger partial charge in [0.25, 0.3) is 0 Å². The molecule has 2 aromatic rings. The van der Waals surface area contributed by atoms with E-state index in [1.807, 2.05) is 6.92 Å². The fourth-order valence-electron chi connectivity index (χ4n) is 4.53. The number of hydrogen-bond donors (Lipinski definition) is 3. The highest BCUT2D eigenvalue weighted by Crippen LogP contribution is 2.27. The van der Waals surface area contributed by atoms with Gasteiger partial charge in [-0.15, -0.1) is 0 Å². The summed E-state index contributed by atoms with van der Waals surface area (Å²) in [6, 6.07) is 10.2. The third-order valence-electron chi connectivity index (χ3n) is 6.55. The molecule has 3 N–H and O–H groups in total. The maximum absolute atomic E-state index is 14.4. The van der Waals surface area contributed by atoms with Crippen molar-refractivity contribution in [3.05, 3.63) is 53.8 Å². The van der Waals surface area contributed by atoms with Crippen LogP contribution in [0, 0.1) is 11.7 Å². The summed E-state index contributed by atoms with van der Waals surface area (Å²) in [5.41, 5.74) is 0.787. The number of halogens is 1. The first-order valence-electron chi connectivity index (χ1n) is 11.9. The number of carbonyl (C=O) groups is 1. The molecule has 2 saturated heterocycles. The molecule has 2 fully saturated rings. The van der Waals surface area contributed by atoms with Crippen molar-refractivity contribution in [2.24, 2.45) is 5.92 Å². The standard InChI is InChI=1S/C25H32FN3O4S/c1-2-3-12-33-24-9-8-20(14-21(24)26)34(31,32)19-6-4-17(5-7-19)15-28-25(30)23-13-18-16-27-11-10-22(18)29-23/h4-9,14,18,22-23,27,29H,2-3,10-13,15-16H2,1H3,(H,28,30). The number of fused-ring (bicyclic) bond motifs is 1. The Morgan fingerprint density at radius 2 is 1.94 bits per heavy atom. The average Bonchev–Trinajstić information content (AvgIpc) is 3.28. The van der Waals surface area contributed by atoms with E-state index >= 15 is 0 Å². The van der Waals surface area contributed by atoms with Crippen LogP contribution < -0.4 is 20.7 Å². The molecule has 0 aliphatic carbocycles. The van der Waals surface area contributed by atoms with Crippen LogP contribution in [-0.2, 0) is 21.2 Å². The molecule has 2 heterocycles. The normalized spacial score (nSPS) is 22.2. The topological polar surface area (TPSA) is 96.5 Å². The van der Waals surface area contributed by atoms with Gasteiger partial charge in [0, 0.05) is 12.6 Å². The minimum Gasteiger partial charge on any atom is -0.491 e. The Bertz CT molecular complexity index is 1090. The molecule has 7 nitrogen and oxygen atoms in total. The first kappa shape index (κ1) is 24.6. The average molecular weight is 490 g/mol. The number of piperidine rings is 1. The third kappa shape index (κ3) is 5.59. The van der Waals surface area contributed by atoms with Gasteiger partial charge in [-0.1, -0.05) is 25.5 Å². The summed E-state index contributed by atoms with van der Waals surface area (Å²) in [4.78, 5) is 12.5. The fourth-order valence-corrected chi connectivity index (χ4v) is 5.80. The second kappa shape index (κ2) is 10.8. The molecule has 2 aliphatic heterocycles. The van der Waals surface area contributed by atoms with E-state index in [4.69, 9.17) is 4.74 Å². The number of benzene rings is 2. The van der Waals surface area contributed by atoms with Crippen LogP contribution in [0.4, 0.5) is 4.39 Å². The van der Waals surface area contributed by atoms with Crippen molar-refractivity contribution < 1.29 is 22.3 Å². The number of sulfone groups is 1. The van der Waals surface area contributed by atoms with E-state index < -0.39 is 15.7 Å². The van der Waals surface area contributed by atoms with E-state index in [2.05, 4.69) is 16.0 Å². The number of nitrogens with one attached hydrogen (secondary N) is 3. The number of ether oxygens (including phenoxy) is 1. The Labute approximate surface area is 200 Å². The molecular formula is C25H32FN3O4S. The Hall–Kier alpha value is -2.49. The lowest BCUT2D eigenvalue weighted by Gasteiger charge is -2.25. The largest absolute Gasteiger partial charge is 0.491 e. The van der Waals surface area contributed by atoms with Crippen LogP contribution in [0.5, 0.6) is 5.75 Å². The molecule has 0 aromatic heterocycles. The van der Waals surface area contributed by atoms with Crippen molar-refractivity contribution in [1.29, 1.82) is 0 Å². The zero-order valence-electron chi connectivity index (χ0n) is 19.3. The Kier molecular flexibility index (Phi) is 7.85. The Morgan fingerprint density at radius 3 is 2.65 bits per heavy atom. The van der Waals surface area contributed by atoms with Crippen molar-refractivity contribution in [3.63, 3.8) is 0 Å². The highest BCUT2D eigenvalue weighted by Gasteiger charge is 2.38. The maximum Gasteiger partial charge on any atom is 0.237 e. The number of rotatable bonds is 9. The van der Waals surface area contributed by atoms with Gasteiger partial charge in [-0.25, -0.2) is 12.8 Å². The van der Waals surface area contributed by atoms with Gasteiger partial charge in [0.2, 0.25) is 15.7 Å². The molecule has 3 atom stereocenters. The van der Waals surface area contributed by atoms with Crippen molar-refractivity contribution >= 4 is 15.7 Å². The van der Waals surface area contributed by atoms with E-state index in [9.17, 15) is 17.6 Å². The Balaban J connectivity index is 1.35. The molecule has 0 saturated carbocycles. The molecule has 4 rings (SSSR count). The summed E-state index contributed by atoms with van der Waals surface area (Å²) in [6.45, 7) is 4.61. The highest BCUT2D eigenvalue weighted by molar-refractivity contribution is 7.91. The van der Waals surface area contributed by atoms with E-state index in [1.165, 1.54) is 24.3 Å². The molecule has 184 valence electrons. The minimum absolute atomic E-state index is 0.0391. The van der Waals surface area contributed by atoms with Crippen LogP contribution >= 0.6 is 0 Å². The number of hydrogen-bond acceptors (Lipinski definition) is 6. The maximum atomic E-state index is 14.4. The van der Waals surface area contributed by atoms with Crippen LogP contribution in [0.15, 0.2) is 52.3 Å². The van der Waals surface area contributed by atoms with Gasteiger partial charge in [-0.05, 0) is 74.2 Å². The predicted octanol–water partition coefficient (Wildman–Crippen LogP) is 2.79. The summed E-state index contributed by atoms with van der Waals surface area (Å²) in [7, 11) is -3.88. The molecule has 1 amide bonds. The van der Waals surface area contributed by atoms with Gasteiger partial charge in [0.05, 0.1) is 22.4 Å². The molecule has 9 heteroatoms. The summed E-state index contributed by atoms with van der Waals surface area (Å²) in [6.07, 6.45) is 3.56. The number of carbonyl (C=O) groups excluding carboxylic acids is 1. The lowest BCUT2D eigenvalue weighted by Crippen LogP contribution is -2.45. The SMILES string of the molecule is CCCCOc1ccc(S(=O)(=O)c2ccc(CNC(=O)C3CC4CNCCC4N3)cc2)cc1F. The van der Waals surface area contributed by atoms with Gasteiger partial charge in [0.15, 0.2) is 11.6 Å². The monoisotopic (exact) mass is 489 g/mol. The highest BCUT2D eigenvalue weighted by atomic mass is 32.2. The minimum atomic E-state index is -3.88. The molecular weight excluding hydrogens is 457 g/mol. The van der Waals surface area contributed by atoms with Gasteiger partial charge >= 0.3 is 0 Å². The summed E-state index contributed by atoms with van der Waals surface area (Å²) < 4.78 is 45.6. The first-order chi connectivity index (χ1) is 16.4. The molecule has 3 unspecified atom stereocenters. The lowest BCUT2D eigenvalue weighted by atomic mass is 9.94. The van der Waals surface area contributed by atoms with Crippen LogP contribution in [0.25, 0.3) is 0 Å². The van der Waals surface area contributed by atoms with Gasteiger partial charge in [-0.3, -0.25) is 4.79 Å². The van der Waals surface area contributed by atoms with E-state index in [0.717, 1.165) is 50.4 Å². The zero-order chi connectivity index (χ0) is 24.1. The molecule has 34 heavy (non-hydrogen) atoms. The van der Waals surface area contributed by atoms with Crippen molar-refractivity contribution in [2.75, 3.05) is 19.7 Å². The van der Waals surface area contributed by atoms with Crippen LogP contribution in [0.1, 0.15) is 38.2 Å². The lowest BCUT2D eigenvalue weighted by molar-refractivity contribution is -0.123. The molecule has 0 radical (unpaired) electrons. The van der Waals surface area contributed by atoms with Crippen molar-refractivity contribution in [2.45, 2.75) is 61.0 Å². The predicted molar refractivity (Wildman–Crippen MR) is 127 cm³/mol. The molecule has 0 spiro atoms. The smallest absolute Gasteiger partial charge is 0.237 e. The molecule has 2 aliphatic rings. The fraction of sp³-hybridized carbons (Fsp3) is 0.480. The molecule has 2 aromatic carbocycles. The number of amides is 1. The Morgan fingerprint density at radius 1 is 1.18 bits per heavy atom. The van der Waals surface area contributed by atoms with Crippen molar-refractivity contribution in [1.82, 2.24) is 16.0 Å². The quantitative estimate of drug-likeness (QED) is 0.469. The van der Waals surface area contributed by atoms with Crippen molar-refractivity contribution in [3.8, 4) is 5.75 Å². The first-order valence-corrected chi connectivity index (χ1v) is 13.4. The van der Waals surface area contributed by atoms with Gasteiger partial charge in [0.1, 0.15) is 0 Å². The summed E-state index contributed by atoms with van der Waals surface area (Å²) in [5, 5.41) is 9.74. The van der Waals surface area contributed by atoms with E-state index in [0.29, 0.717) is 25.1 Å². The van der Waals surface area contributed by atoms with Crippen LogP contribution in [0.2, 0.25) is 0 Å². The van der Waals surface area contributed by atoms with Crippen LogP contribution in [0.3, 0.4) is 0 Å². The second-order valence-corrected chi connectivity index (χ2v) is 10.9. The van der Waals surface area contributed by atoms with Gasteiger partial charge < -0.3 is 20.7 Å². The summed E-state index contributed by atoms with van der Waals surface area (Å²) in [5.74, 6) is -0.211. The number of unbranched alkanes of at least 4 members (excludes halogenated alkanes) is 1.